The van der Waals surface area contributed by atoms with E-state index >= 15 is 0 Å². The van der Waals surface area contributed by atoms with Crippen molar-refractivity contribution in [1.29, 1.82) is 0 Å². The number of halogens is 3. The Hall–Kier alpha value is -0.360. The molecular formula is C9H17F3N2S. The molecule has 0 fully saturated rings. The van der Waals surface area contributed by atoms with E-state index in [1.165, 1.54) is 4.90 Å². The molecule has 0 saturated heterocycles. The summed E-state index contributed by atoms with van der Waals surface area (Å²) >= 11 is 4.73. The highest BCUT2D eigenvalue weighted by atomic mass is 32.1. The minimum atomic E-state index is -4.18. The summed E-state index contributed by atoms with van der Waals surface area (Å²) in [5.74, 6) is -0.204. The zero-order valence-corrected chi connectivity index (χ0v) is 9.95. The van der Waals surface area contributed by atoms with Crippen LogP contribution in [0.2, 0.25) is 0 Å². The average molecular weight is 242 g/mol. The molecule has 0 saturated carbocycles. The summed E-state index contributed by atoms with van der Waals surface area (Å²) in [7, 11) is 0. The predicted molar refractivity (Wildman–Crippen MR) is 58.7 cm³/mol. The quantitative estimate of drug-likeness (QED) is 0.749. The Morgan fingerprint density at radius 1 is 1.33 bits per heavy atom. The Morgan fingerprint density at radius 2 is 1.80 bits per heavy atom. The molecule has 0 aromatic carbocycles. The zero-order valence-electron chi connectivity index (χ0n) is 9.14. The first-order valence-corrected chi connectivity index (χ1v) is 5.14. The summed E-state index contributed by atoms with van der Waals surface area (Å²) in [5, 5.41) is 0. The van der Waals surface area contributed by atoms with Crippen molar-refractivity contribution >= 4 is 17.2 Å². The Bertz CT molecular complexity index is 216. The molecule has 2 nitrogen and oxygen atoms in total. The normalized spacial score (nSPS) is 14.7. The van der Waals surface area contributed by atoms with Gasteiger partial charge in [-0.05, 0) is 13.8 Å². The minimum absolute atomic E-state index is 0.177. The van der Waals surface area contributed by atoms with Gasteiger partial charge in [0, 0.05) is 18.5 Å². The summed E-state index contributed by atoms with van der Waals surface area (Å²) in [6.45, 7) is 4.49. The van der Waals surface area contributed by atoms with E-state index in [4.69, 9.17) is 18.0 Å². The lowest BCUT2D eigenvalue weighted by atomic mass is 10.1. The topological polar surface area (TPSA) is 29.3 Å². The Kier molecular flexibility index (Phi) is 5.51. The second-order valence-corrected chi connectivity index (χ2v) is 4.41. The molecule has 1 unspecified atom stereocenters. The van der Waals surface area contributed by atoms with Crippen LogP contribution in [0.1, 0.15) is 20.8 Å². The monoisotopic (exact) mass is 242 g/mol. The van der Waals surface area contributed by atoms with E-state index in [1.807, 2.05) is 0 Å². The van der Waals surface area contributed by atoms with E-state index in [0.717, 1.165) is 0 Å². The maximum atomic E-state index is 12.2. The molecule has 6 heteroatoms. The van der Waals surface area contributed by atoms with E-state index in [9.17, 15) is 13.2 Å². The number of nitrogens with zero attached hydrogens (tertiary/aromatic N) is 1. The van der Waals surface area contributed by atoms with Gasteiger partial charge in [-0.15, -0.1) is 0 Å². The maximum absolute atomic E-state index is 12.2. The molecule has 0 radical (unpaired) electrons. The molecule has 0 aliphatic heterocycles. The second kappa shape index (κ2) is 5.65. The molecule has 15 heavy (non-hydrogen) atoms. The van der Waals surface area contributed by atoms with Crippen molar-refractivity contribution in [3.63, 3.8) is 0 Å². The number of thiocarbonyl (C=S) groups is 1. The lowest BCUT2D eigenvalue weighted by Crippen LogP contribution is -2.43. The molecule has 0 aliphatic rings. The van der Waals surface area contributed by atoms with Crippen LogP contribution in [0.25, 0.3) is 0 Å². The molecule has 0 spiro atoms. The van der Waals surface area contributed by atoms with Gasteiger partial charge in [-0.3, -0.25) is 4.90 Å². The first-order valence-electron chi connectivity index (χ1n) is 4.73. The molecule has 0 aromatic heterocycles. The van der Waals surface area contributed by atoms with Crippen molar-refractivity contribution in [2.75, 3.05) is 13.1 Å². The lowest BCUT2D eigenvalue weighted by Gasteiger charge is -2.29. The Morgan fingerprint density at radius 3 is 2.07 bits per heavy atom. The van der Waals surface area contributed by atoms with Crippen LogP contribution in [0.15, 0.2) is 0 Å². The first kappa shape index (κ1) is 14.6. The van der Waals surface area contributed by atoms with Gasteiger partial charge in [-0.1, -0.05) is 19.1 Å². The second-order valence-electron chi connectivity index (χ2n) is 3.94. The highest BCUT2D eigenvalue weighted by molar-refractivity contribution is 7.80. The summed E-state index contributed by atoms with van der Waals surface area (Å²) in [4.78, 5) is 1.58. The minimum Gasteiger partial charge on any atom is -0.393 e. The van der Waals surface area contributed by atoms with Crippen molar-refractivity contribution in [2.45, 2.75) is 33.0 Å². The highest BCUT2D eigenvalue weighted by Crippen LogP contribution is 2.18. The summed E-state index contributed by atoms with van der Waals surface area (Å²) < 4.78 is 36.6. The van der Waals surface area contributed by atoms with Gasteiger partial charge < -0.3 is 5.73 Å². The highest BCUT2D eigenvalue weighted by Gasteiger charge is 2.32. The fourth-order valence-corrected chi connectivity index (χ4v) is 1.20. The van der Waals surface area contributed by atoms with Gasteiger partial charge in [0.05, 0.1) is 11.5 Å². The largest absolute Gasteiger partial charge is 0.401 e. The fourth-order valence-electron chi connectivity index (χ4n) is 1.13. The molecule has 90 valence electrons. The first-order chi connectivity index (χ1) is 6.63. The molecule has 0 heterocycles. The van der Waals surface area contributed by atoms with Crippen LogP contribution in [0.5, 0.6) is 0 Å². The molecule has 0 aromatic rings. The number of hydrogen-bond acceptors (Lipinski definition) is 2. The van der Waals surface area contributed by atoms with Crippen LogP contribution in [0.3, 0.4) is 0 Å². The molecule has 0 aliphatic carbocycles. The van der Waals surface area contributed by atoms with Crippen LogP contribution in [-0.2, 0) is 0 Å². The van der Waals surface area contributed by atoms with Gasteiger partial charge in [0.1, 0.15) is 0 Å². The van der Waals surface area contributed by atoms with Crippen LogP contribution >= 0.6 is 12.2 Å². The number of rotatable bonds is 5. The third-order valence-electron chi connectivity index (χ3n) is 2.11. The van der Waals surface area contributed by atoms with Gasteiger partial charge in [0.2, 0.25) is 0 Å². The van der Waals surface area contributed by atoms with Crippen molar-refractivity contribution in [2.24, 2.45) is 11.7 Å². The predicted octanol–water partition coefficient (Wildman–Crippen LogP) is 2.18. The van der Waals surface area contributed by atoms with E-state index in [1.54, 1.807) is 20.8 Å². The molecule has 2 N–H and O–H groups in total. The van der Waals surface area contributed by atoms with Crippen LogP contribution in [0.4, 0.5) is 13.2 Å². The van der Waals surface area contributed by atoms with Gasteiger partial charge in [-0.2, -0.15) is 13.2 Å². The molecular weight excluding hydrogens is 225 g/mol. The van der Waals surface area contributed by atoms with Crippen LogP contribution < -0.4 is 5.73 Å². The Labute approximate surface area is 93.6 Å². The van der Waals surface area contributed by atoms with E-state index in [-0.39, 0.29) is 23.5 Å². The van der Waals surface area contributed by atoms with Crippen LogP contribution in [0, 0.1) is 5.92 Å². The van der Waals surface area contributed by atoms with E-state index < -0.39 is 12.7 Å². The van der Waals surface area contributed by atoms with E-state index in [2.05, 4.69) is 0 Å². The summed E-state index contributed by atoms with van der Waals surface area (Å²) in [5.41, 5.74) is 5.37. The van der Waals surface area contributed by atoms with Gasteiger partial charge >= 0.3 is 6.18 Å². The van der Waals surface area contributed by atoms with Gasteiger partial charge in [0.15, 0.2) is 0 Å². The van der Waals surface area contributed by atoms with Crippen molar-refractivity contribution in [3.8, 4) is 0 Å². The summed E-state index contributed by atoms with van der Waals surface area (Å²) in [6.07, 6.45) is -4.18. The molecule has 0 bridgehead atoms. The summed E-state index contributed by atoms with van der Waals surface area (Å²) in [6, 6.07) is -0.177. The van der Waals surface area contributed by atoms with Crippen molar-refractivity contribution in [3.05, 3.63) is 0 Å². The Balaban J connectivity index is 4.35. The SMILES string of the molecule is CC(CN(CC(F)(F)F)C(C)C)C(N)=S. The molecule has 1 atom stereocenters. The maximum Gasteiger partial charge on any atom is 0.401 e. The number of nitrogens with two attached hydrogens (primary N) is 1. The van der Waals surface area contributed by atoms with Crippen molar-refractivity contribution in [1.82, 2.24) is 4.90 Å². The standard InChI is InChI=1S/C9H17F3N2S/c1-6(2)14(5-9(10,11)12)4-7(3)8(13)15/h6-7H,4-5H2,1-3H3,(H2,13,15). The fraction of sp³-hybridized carbons (Fsp3) is 0.889. The number of alkyl halides is 3. The molecule has 0 amide bonds. The lowest BCUT2D eigenvalue weighted by molar-refractivity contribution is -0.150. The van der Waals surface area contributed by atoms with E-state index in [0.29, 0.717) is 0 Å². The van der Waals surface area contributed by atoms with Gasteiger partial charge in [0.25, 0.3) is 0 Å². The van der Waals surface area contributed by atoms with Crippen molar-refractivity contribution < 1.29 is 13.2 Å². The van der Waals surface area contributed by atoms with Gasteiger partial charge in [-0.25, -0.2) is 0 Å². The van der Waals surface area contributed by atoms with Crippen LogP contribution in [-0.4, -0.2) is 35.2 Å². The third kappa shape index (κ3) is 6.67. The number of hydrogen-bond donors (Lipinski definition) is 1. The smallest absolute Gasteiger partial charge is 0.393 e. The third-order valence-corrected chi connectivity index (χ3v) is 2.51. The average Bonchev–Trinajstić information content (AvgIpc) is 1.99. The molecule has 0 rings (SSSR count). The zero-order chi connectivity index (χ0) is 12.2.